The topological polar surface area (TPSA) is 68.3 Å². The third-order valence-electron chi connectivity index (χ3n) is 2.67. The Morgan fingerprint density at radius 3 is 2.17 bits per heavy atom. The molecule has 1 atom stereocenters. The molecule has 1 unspecified atom stereocenters. The molecule has 2 rings (SSSR count). The van der Waals surface area contributed by atoms with Gasteiger partial charge in [-0.1, -0.05) is 29.8 Å². The lowest BCUT2D eigenvalue weighted by Gasteiger charge is -2.10. The lowest BCUT2D eigenvalue weighted by atomic mass is 10.0. The molecule has 0 aromatic heterocycles. The van der Waals surface area contributed by atoms with Gasteiger partial charge in [-0.05, 0) is 24.1 Å². The normalized spacial score (nSPS) is 18.9. The minimum absolute atomic E-state index is 0.287. The minimum Gasteiger partial charge on any atom is -0.231 e. The monoisotopic (exact) mass is 284 g/mol. The van der Waals surface area contributed by atoms with Crippen LogP contribution in [-0.2, 0) is 20.5 Å². The Balaban J connectivity index is 2.49. The van der Waals surface area contributed by atoms with Gasteiger partial charge in [-0.15, -0.1) is 0 Å². The number of thiol groups is 1. The van der Waals surface area contributed by atoms with E-state index in [0.717, 1.165) is 16.4 Å². The van der Waals surface area contributed by atoms with E-state index in [0.29, 0.717) is 5.56 Å². The number of rotatable bonds is 3. The van der Waals surface area contributed by atoms with E-state index < -0.39 is 25.8 Å². The summed E-state index contributed by atoms with van der Waals surface area (Å²) in [5.74, 6) is 0. The van der Waals surface area contributed by atoms with Crippen LogP contribution in [0.3, 0.4) is 0 Å². The van der Waals surface area contributed by atoms with Gasteiger partial charge in [-0.2, -0.15) is 0 Å². The van der Waals surface area contributed by atoms with Crippen LogP contribution in [0.5, 0.6) is 0 Å². The van der Waals surface area contributed by atoms with Crippen LogP contribution in [0.25, 0.3) is 0 Å². The van der Waals surface area contributed by atoms with Crippen molar-refractivity contribution in [2.45, 2.75) is 12.2 Å². The summed E-state index contributed by atoms with van der Waals surface area (Å²) in [6.07, 6.45) is 1.34. The number of hydrogen-bond donors (Lipinski definition) is 1. The first-order chi connectivity index (χ1) is 8.39. The predicted octanol–water partition coefficient (Wildman–Crippen LogP) is 1.47. The average Bonchev–Trinajstić information content (AvgIpc) is 2.61. The van der Waals surface area contributed by atoms with E-state index in [1.54, 1.807) is 24.3 Å². The van der Waals surface area contributed by atoms with Gasteiger partial charge in [-0.25, -0.2) is 16.8 Å². The van der Waals surface area contributed by atoms with Crippen molar-refractivity contribution in [2.75, 3.05) is 0 Å². The largest absolute Gasteiger partial charge is 0.231 e. The average molecular weight is 284 g/mol. The second kappa shape index (κ2) is 4.70. The van der Waals surface area contributed by atoms with Crippen LogP contribution in [0, 0.1) is 6.92 Å². The Labute approximate surface area is 108 Å². The molecule has 0 amide bonds. The maximum Gasteiger partial charge on any atom is 0.193 e. The lowest BCUT2D eigenvalue weighted by Crippen LogP contribution is -2.02. The summed E-state index contributed by atoms with van der Waals surface area (Å²) in [5.41, 5.74) is 1.88. The van der Waals surface area contributed by atoms with E-state index in [2.05, 4.69) is 0 Å². The molecule has 6 heteroatoms. The standard InChI is InChI=1S/C12H12O4S2/c1-9-2-4-10(5-3-9)12(17(13)14)11-6-7-18(15,16)8-11/h2-8,12,17H,1H3. The van der Waals surface area contributed by atoms with Gasteiger partial charge >= 0.3 is 0 Å². The fraction of sp³-hybridized carbons (Fsp3) is 0.167. The summed E-state index contributed by atoms with van der Waals surface area (Å²) in [6, 6.07) is 7.00. The molecule has 0 N–H and O–H groups in total. The number of allylic oxidation sites excluding steroid dienone is 1. The molecule has 1 aliphatic heterocycles. The van der Waals surface area contributed by atoms with Crippen molar-refractivity contribution in [1.82, 2.24) is 0 Å². The third-order valence-corrected chi connectivity index (χ3v) is 4.80. The van der Waals surface area contributed by atoms with Crippen molar-refractivity contribution in [3.05, 3.63) is 57.9 Å². The Bertz CT molecular complexity index is 684. The summed E-state index contributed by atoms with van der Waals surface area (Å²) in [4.78, 5) is 0. The Hall–Kier alpha value is -1.40. The molecule has 0 spiro atoms. The van der Waals surface area contributed by atoms with Crippen LogP contribution in [0.2, 0.25) is 0 Å². The quantitative estimate of drug-likeness (QED) is 0.854. The molecule has 0 aliphatic carbocycles. The number of hydrogen-bond acceptors (Lipinski definition) is 4. The molecular weight excluding hydrogens is 272 g/mol. The van der Waals surface area contributed by atoms with Gasteiger partial charge < -0.3 is 0 Å². The first-order valence-corrected chi connectivity index (χ1v) is 8.09. The smallest absolute Gasteiger partial charge is 0.193 e. The van der Waals surface area contributed by atoms with Gasteiger partial charge in [0.05, 0.1) is 0 Å². The molecule has 0 saturated heterocycles. The van der Waals surface area contributed by atoms with Crippen LogP contribution < -0.4 is 0 Å². The van der Waals surface area contributed by atoms with Crippen LogP contribution in [-0.4, -0.2) is 16.8 Å². The SMILES string of the molecule is Cc1ccc(C(C2=CS(=O)(=O)C=C2)[SH](=O)=O)cc1. The van der Waals surface area contributed by atoms with Gasteiger partial charge in [0.1, 0.15) is 5.25 Å². The first-order valence-electron chi connectivity index (χ1n) is 5.24. The molecule has 1 aliphatic rings. The zero-order valence-corrected chi connectivity index (χ0v) is 11.3. The molecule has 4 nitrogen and oxygen atoms in total. The van der Waals surface area contributed by atoms with Crippen LogP contribution in [0.15, 0.2) is 46.7 Å². The molecule has 96 valence electrons. The molecule has 0 bridgehead atoms. The van der Waals surface area contributed by atoms with Gasteiger partial charge in [0.2, 0.25) is 0 Å². The van der Waals surface area contributed by atoms with Crippen LogP contribution >= 0.6 is 0 Å². The van der Waals surface area contributed by atoms with Gasteiger partial charge in [0, 0.05) is 10.8 Å². The molecule has 1 aromatic carbocycles. The lowest BCUT2D eigenvalue weighted by molar-refractivity contribution is 0.608. The summed E-state index contributed by atoms with van der Waals surface area (Å²) in [7, 11) is -6.19. The van der Waals surface area contributed by atoms with Crippen molar-refractivity contribution in [3.63, 3.8) is 0 Å². The Morgan fingerprint density at radius 2 is 1.72 bits per heavy atom. The van der Waals surface area contributed by atoms with E-state index in [4.69, 9.17) is 0 Å². The summed E-state index contributed by atoms with van der Waals surface area (Å²) in [5, 5.41) is 1.11. The number of sulfone groups is 1. The zero-order valence-electron chi connectivity index (χ0n) is 9.61. The van der Waals surface area contributed by atoms with E-state index in [1.807, 2.05) is 6.92 Å². The van der Waals surface area contributed by atoms with E-state index in [-0.39, 0.29) is 5.57 Å². The number of benzene rings is 1. The van der Waals surface area contributed by atoms with Crippen molar-refractivity contribution in [3.8, 4) is 0 Å². The minimum atomic E-state index is -3.40. The molecule has 0 radical (unpaired) electrons. The molecule has 1 heterocycles. The first kappa shape index (κ1) is 13.0. The third kappa shape index (κ3) is 2.70. The van der Waals surface area contributed by atoms with Gasteiger partial charge in [0.25, 0.3) is 0 Å². The van der Waals surface area contributed by atoms with Crippen molar-refractivity contribution in [2.24, 2.45) is 0 Å². The Morgan fingerprint density at radius 1 is 1.11 bits per heavy atom. The van der Waals surface area contributed by atoms with Crippen molar-refractivity contribution < 1.29 is 16.8 Å². The summed E-state index contributed by atoms with van der Waals surface area (Å²) >= 11 is 0. The fourth-order valence-electron chi connectivity index (χ4n) is 1.78. The number of aryl methyl sites for hydroxylation is 1. The molecular formula is C12H12O4S2. The second-order valence-electron chi connectivity index (χ2n) is 4.11. The molecule has 18 heavy (non-hydrogen) atoms. The van der Waals surface area contributed by atoms with Crippen molar-refractivity contribution in [1.29, 1.82) is 0 Å². The fourth-order valence-corrected chi connectivity index (χ4v) is 3.72. The predicted molar refractivity (Wildman–Crippen MR) is 70.4 cm³/mol. The van der Waals surface area contributed by atoms with Crippen molar-refractivity contribution >= 4 is 20.5 Å². The van der Waals surface area contributed by atoms with E-state index in [9.17, 15) is 16.8 Å². The van der Waals surface area contributed by atoms with Crippen LogP contribution in [0.4, 0.5) is 0 Å². The highest BCUT2D eigenvalue weighted by Crippen LogP contribution is 2.30. The Kier molecular flexibility index (Phi) is 3.41. The molecule has 1 aromatic rings. The highest BCUT2D eigenvalue weighted by Gasteiger charge is 2.23. The summed E-state index contributed by atoms with van der Waals surface area (Å²) < 4.78 is 45.3. The highest BCUT2D eigenvalue weighted by molar-refractivity contribution is 7.97. The van der Waals surface area contributed by atoms with Gasteiger partial charge in [0.15, 0.2) is 20.5 Å². The summed E-state index contributed by atoms with van der Waals surface area (Å²) in [6.45, 7) is 1.90. The highest BCUT2D eigenvalue weighted by atomic mass is 32.2. The van der Waals surface area contributed by atoms with Crippen LogP contribution in [0.1, 0.15) is 16.4 Å². The van der Waals surface area contributed by atoms with E-state index in [1.165, 1.54) is 6.08 Å². The molecule has 0 saturated carbocycles. The second-order valence-corrected chi connectivity index (χ2v) is 6.88. The van der Waals surface area contributed by atoms with E-state index >= 15 is 0 Å². The molecule has 0 fully saturated rings. The zero-order chi connectivity index (χ0) is 13.3. The maximum atomic E-state index is 11.4. The van der Waals surface area contributed by atoms with Gasteiger partial charge in [-0.3, -0.25) is 0 Å². The maximum absolute atomic E-state index is 11.4.